The molecule has 0 saturated carbocycles. The minimum atomic E-state index is -5.02. The Balaban J connectivity index is 3.28. The molecule has 112 valence electrons. The van der Waals surface area contributed by atoms with Crippen molar-refractivity contribution >= 4 is 12.3 Å². The number of benzene rings is 1. The molecule has 0 spiro atoms. The molecule has 5 nitrogen and oxygen atoms in total. The predicted octanol–water partition coefficient (Wildman–Crippen LogP) is 2.37. The summed E-state index contributed by atoms with van der Waals surface area (Å²) >= 11 is 0. The van der Waals surface area contributed by atoms with Gasteiger partial charge in [0.05, 0.1) is 18.6 Å². The number of nitrogens with zero attached hydrogens (tertiary/aromatic N) is 1. The van der Waals surface area contributed by atoms with Crippen LogP contribution in [0.5, 0.6) is 5.75 Å². The number of rotatable bonds is 5. The van der Waals surface area contributed by atoms with Crippen LogP contribution in [0.25, 0.3) is 0 Å². The van der Waals surface area contributed by atoms with E-state index < -0.39 is 30.1 Å². The van der Waals surface area contributed by atoms with Gasteiger partial charge in [0.1, 0.15) is 18.1 Å². The van der Waals surface area contributed by atoms with Gasteiger partial charge < -0.3 is 9.47 Å². The minimum absolute atomic E-state index is 0.0696. The van der Waals surface area contributed by atoms with E-state index in [4.69, 9.17) is 5.26 Å². The van der Waals surface area contributed by atoms with Crippen molar-refractivity contribution in [3.8, 4) is 11.8 Å². The highest BCUT2D eigenvalue weighted by Crippen LogP contribution is 2.29. The molecule has 0 aliphatic heterocycles. The van der Waals surface area contributed by atoms with Crippen LogP contribution in [0.3, 0.4) is 0 Å². The minimum Gasteiger partial charge on any atom is -0.466 e. The van der Waals surface area contributed by atoms with Gasteiger partial charge in [-0.2, -0.15) is 5.26 Å². The summed E-state index contributed by atoms with van der Waals surface area (Å²) in [5.41, 5.74) is -0.682. The first-order valence-corrected chi connectivity index (χ1v) is 5.74. The first-order valence-electron chi connectivity index (χ1n) is 5.74. The van der Waals surface area contributed by atoms with Gasteiger partial charge in [0, 0.05) is 5.56 Å². The van der Waals surface area contributed by atoms with E-state index in [0.29, 0.717) is 6.29 Å². The second-order valence-electron chi connectivity index (χ2n) is 3.81. The summed E-state index contributed by atoms with van der Waals surface area (Å²) in [4.78, 5) is 22.1. The molecule has 0 fully saturated rings. The number of ether oxygens (including phenoxy) is 2. The molecule has 21 heavy (non-hydrogen) atoms. The Kier molecular flexibility index (Phi) is 5.30. The molecule has 0 bridgehead atoms. The molecule has 8 heteroatoms. The van der Waals surface area contributed by atoms with E-state index in [-0.39, 0.29) is 17.7 Å². The van der Waals surface area contributed by atoms with Crippen molar-refractivity contribution in [3.63, 3.8) is 0 Å². The second kappa shape index (κ2) is 6.74. The monoisotopic (exact) mass is 301 g/mol. The number of carbonyl (C=O) groups excluding carboxylic acids is 2. The Morgan fingerprint density at radius 1 is 1.43 bits per heavy atom. The zero-order valence-electron chi connectivity index (χ0n) is 10.9. The van der Waals surface area contributed by atoms with E-state index in [2.05, 4.69) is 9.47 Å². The highest BCUT2D eigenvalue weighted by Gasteiger charge is 2.33. The SMILES string of the molecule is CCOC(=O)Cc1cc(C=O)cc(OC(F)(F)F)c1C#N. The molecule has 0 aliphatic rings. The third-order valence-corrected chi connectivity index (χ3v) is 2.32. The van der Waals surface area contributed by atoms with Crippen molar-refractivity contribution in [1.29, 1.82) is 5.26 Å². The lowest BCUT2D eigenvalue weighted by atomic mass is 10.0. The lowest BCUT2D eigenvalue weighted by molar-refractivity contribution is -0.274. The fraction of sp³-hybridized carbons (Fsp3) is 0.308. The van der Waals surface area contributed by atoms with Gasteiger partial charge in [-0.1, -0.05) is 0 Å². The largest absolute Gasteiger partial charge is 0.573 e. The average Bonchev–Trinajstić information content (AvgIpc) is 2.36. The van der Waals surface area contributed by atoms with Gasteiger partial charge in [-0.05, 0) is 24.6 Å². The third-order valence-electron chi connectivity index (χ3n) is 2.32. The van der Waals surface area contributed by atoms with Crippen LogP contribution in [0, 0.1) is 11.3 Å². The first-order chi connectivity index (χ1) is 9.80. The molecule has 0 unspecified atom stereocenters. The first kappa shape index (κ1) is 16.5. The van der Waals surface area contributed by atoms with Crippen LogP contribution < -0.4 is 4.74 Å². The number of carbonyl (C=O) groups is 2. The maximum atomic E-state index is 12.3. The summed E-state index contributed by atoms with van der Waals surface area (Å²) in [7, 11) is 0. The molecule has 0 radical (unpaired) electrons. The van der Waals surface area contributed by atoms with E-state index >= 15 is 0 Å². The van der Waals surface area contributed by atoms with Crippen LogP contribution in [0.15, 0.2) is 12.1 Å². The summed E-state index contributed by atoms with van der Waals surface area (Å²) < 4.78 is 45.3. The van der Waals surface area contributed by atoms with Crippen molar-refractivity contribution < 1.29 is 32.2 Å². The molecule has 0 atom stereocenters. The van der Waals surface area contributed by atoms with Crippen molar-refractivity contribution in [2.45, 2.75) is 19.7 Å². The van der Waals surface area contributed by atoms with Gasteiger partial charge in [0.15, 0.2) is 0 Å². The molecule has 0 N–H and O–H groups in total. The zero-order chi connectivity index (χ0) is 16.0. The Hall–Kier alpha value is -2.56. The van der Waals surface area contributed by atoms with Crippen LogP contribution in [0.1, 0.15) is 28.4 Å². The number of nitriles is 1. The molecule has 0 aliphatic carbocycles. The lowest BCUT2D eigenvalue weighted by Crippen LogP contribution is -2.19. The molecular weight excluding hydrogens is 291 g/mol. The van der Waals surface area contributed by atoms with Gasteiger partial charge in [0.2, 0.25) is 0 Å². The van der Waals surface area contributed by atoms with Crippen molar-refractivity contribution in [1.82, 2.24) is 0 Å². The highest BCUT2D eigenvalue weighted by molar-refractivity contribution is 5.80. The molecule has 0 heterocycles. The second-order valence-corrected chi connectivity index (χ2v) is 3.81. The quantitative estimate of drug-likeness (QED) is 0.616. The van der Waals surface area contributed by atoms with Gasteiger partial charge in [-0.15, -0.1) is 13.2 Å². The number of halogens is 3. The fourth-order valence-corrected chi connectivity index (χ4v) is 1.60. The molecule has 0 saturated heterocycles. The summed E-state index contributed by atoms with van der Waals surface area (Å²) in [6.45, 7) is 1.64. The van der Waals surface area contributed by atoms with Gasteiger partial charge in [0.25, 0.3) is 0 Å². The molecule has 1 aromatic rings. The number of hydrogen-bond acceptors (Lipinski definition) is 5. The summed E-state index contributed by atoms with van der Waals surface area (Å²) in [5.74, 6) is -1.55. The molecule has 1 rings (SSSR count). The number of aldehydes is 1. The van der Waals surface area contributed by atoms with Crippen molar-refractivity contribution in [2.75, 3.05) is 6.61 Å². The van der Waals surface area contributed by atoms with Crippen LogP contribution in [0.2, 0.25) is 0 Å². The maximum absolute atomic E-state index is 12.3. The number of esters is 1. The fourth-order valence-electron chi connectivity index (χ4n) is 1.60. The summed E-state index contributed by atoms with van der Waals surface area (Å²) in [6.07, 6.45) is -5.17. The van der Waals surface area contributed by atoms with E-state index in [1.807, 2.05) is 0 Å². The highest BCUT2D eigenvalue weighted by atomic mass is 19.4. The van der Waals surface area contributed by atoms with E-state index in [1.165, 1.54) is 6.07 Å². The Morgan fingerprint density at radius 2 is 2.10 bits per heavy atom. The topological polar surface area (TPSA) is 76.4 Å². The number of hydrogen-bond donors (Lipinski definition) is 0. The smallest absolute Gasteiger partial charge is 0.466 e. The van der Waals surface area contributed by atoms with Crippen molar-refractivity contribution in [3.05, 3.63) is 28.8 Å². The maximum Gasteiger partial charge on any atom is 0.573 e. The number of alkyl halides is 3. The normalized spacial score (nSPS) is 10.6. The predicted molar refractivity (Wildman–Crippen MR) is 63.6 cm³/mol. The Bertz CT molecular complexity index is 590. The third kappa shape index (κ3) is 4.80. The van der Waals surface area contributed by atoms with Crippen LogP contribution in [-0.2, 0) is 16.0 Å². The van der Waals surface area contributed by atoms with Gasteiger partial charge >= 0.3 is 12.3 Å². The average molecular weight is 301 g/mol. The molecule has 0 amide bonds. The van der Waals surface area contributed by atoms with E-state index in [1.54, 1.807) is 6.92 Å². The lowest BCUT2D eigenvalue weighted by Gasteiger charge is -2.13. The Morgan fingerprint density at radius 3 is 2.57 bits per heavy atom. The summed E-state index contributed by atoms with van der Waals surface area (Å²) in [5, 5.41) is 8.96. The molecule has 1 aromatic carbocycles. The summed E-state index contributed by atoms with van der Waals surface area (Å²) in [6, 6.07) is 3.47. The Labute approximate surface area is 117 Å². The zero-order valence-corrected chi connectivity index (χ0v) is 10.9. The van der Waals surface area contributed by atoms with Crippen LogP contribution in [0.4, 0.5) is 13.2 Å². The molecular formula is C13H10F3NO4. The molecule has 0 aromatic heterocycles. The van der Waals surface area contributed by atoms with Gasteiger partial charge in [-0.3, -0.25) is 9.59 Å². The van der Waals surface area contributed by atoms with Crippen LogP contribution >= 0.6 is 0 Å². The van der Waals surface area contributed by atoms with Crippen molar-refractivity contribution in [2.24, 2.45) is 0 Å². The van der Waals surface area contributed by atoms with E-state index in [9.17, 15) is 22.8 Å². The van der Waals surface area contributed by atoms with Crippen LogP contribution in [-0.4, -0.2) is 25.2 Å². The standard InChI is InChI=1S/C13H10F3NO4/c1-2-20-12(19)5-9-3-8(7-18)4-11(10(9)6-17)21-13(14,15)16/h3-4,7H,2,5H2,1H3. The van der Waals surface area contributed by atoms with E-state index in [0.717, 1.165) is 12.1 Å². The van der Waals surface area contributed by atoms with Gasteiger partial charge in [-0.25, -0.2) is 0 Å².